The molecule has 1 amide bonds. The minimum atomic E-state index is -0.0512. The smallest absolute Gasteiger partial charge is 0.227 e. The summed E-state index contributed by atoms with van der Waals surface area (Å²) in [7, 11) is 0. The van der Waals surface area contributed by atoms with Gasteiger partial charge in [-0.2, -0.15) is 5.48 Å². The summed E-state index contributed by atoms with van der Waals surface area (Å²) >= 11 is 1.83. The van der Waals surface area contributed by atoms with Gasteiger partial charge < -0.3 is 15.5 Å². The number of unbranched alkanes of at least 4 members (excludes halogenated alkanes) is 1. The highest BCUT2D eigenvalue weighted by Crippen LogP contribution is 2.33. The van der Waals surface area contributed by atoms with Crippen molar-refractivity contribution in [3.05, 3.63) is 52.9 Å². The molecular formula is C23H31N3O3S. The molecular weight excluding hydrogens is 398 g/mol. The van der Waals surface area contributed by atoms with Crippen LogP contribution >= 0.6 is 11.8 Å². The summed E-state index contributed by atoms with van der Waals surface area (Å²) in [4.78, 5) is 30.5. The predicted octanol–water partition coefficient (Wildman–Crippen LogP) is 3.65. The van der Waals surface area contributed by atoms with Gasteiger partial charge in [-0.15, -0.1) is 11.8 Å². The van der Waals surface area contributed by atoms with Crippen LogP contribution < -0.4 is 16.1 Å². The first kappa shape index (κ1) is 22.4. The van der Waals surface area contributed by atoms with Gasteiger partial charge in [0.05, 0.1) is 18.3 Å². The zero-order chi connectivity index (χ0) is 21.3. The third kappa shape index (κ3) is 6.92. The van der Waals surface area contributed by atoms with E-state index in [0.29, 0.717) is 25.1 Å². The Balaban J connectivity index is 1.27. The number of carbonyl (C=O) groups excluding carboxylic acids is 2. The van der Waals surface area contributed by atoms with E-state index in [1.54, 1.807) is 0 Å². The first-order chi connectivity index (χ1) is 14.5. The fraction of sp³-hybridized carbons (Fsp3) is 0.478. The Hall–Kier alpha value is -2.25. The van der Waals surface area contributed by atoms with Gasteiger partial charge in [-0.3, -0.25) is 9.59 Å². The molecule has 0 aliphatic carbocycles. The molecule has 2 heterocycles. The lowest BCUT2D eigenvalue weighted by Crippen LogP contribution is -2.25. The highest BCUT2D eigenvalue weighted by Gasteiger charge is 2.15. The van der Waals surface area contributed by atoms with Gasteiger partial charge in [-0.25, -0.2) is 0 Å². The summed E-state index contributed by atoms with van der Waals surface area (Å²) in [6.45, 7) is 4.65. The number of hydroxylamine groups is 1. The number of hydrogen-bond acceptors (Lipinski definition) is 6. The van der Waals surface area contributed by atoms with Gasteiger partial charge in [0.2, 0.25) is 5.91 Å². The Morgan fingerprint density at radius 1 is 1.20 bits per heavy atom. The molecule has 162 valence electrons. The molecule has 1 aromatic carbocycles. The maximum absolute atomic E-state index is 12.2. The number of hydrogen-bond donors (Lipinski definition) is 3. The molecule has 30 heavy (non-hydrogen) atoms. The molecule has 0 spiro atoms. The topological polar surface area (TPSA) is 79.5 Å². The number of amides is 1. The molecule has 6 nitrogen and oxygen atoms in total. The molecule has 0 radical (unpaired) electrons. The van der Waals surface area contributed by atoms with E-state index in [-0.39, 0.29) is 24.2 Å². The van der Waals surface area contributed by atoms with Gasteiger partial charge >= 0.3 is 0 Å². The van der Waals surface area contributed by atoms with Crippen molar-refractivity contribution in [1.29, 1.82) is 0 Å². The van der Waals surface area contributed by atoms with Crippen LogP contribution in [0.1, 0.15) is 57.1 Å². The standard InChI is InChI=1S/C23H31N3O3S/c1-16-13-21(29-26-16)14-22(28)24-12-4-3-5-20(27)11-8-18-6-9-19(10-7-18)23-17(2)25-15-30-23/h6-7,9-10,13,16,25-26H,3-5,8,11-12,14-15H2,1-2H3,(H,24,28). The molecule has 1 aromatic rings. The van der Waals surface area contributed by atoms with Crippen molar-refractivity contribution in [2.45, 2.75) is 58.4 Å². The molecule has 2 aliphatic rings. The molecule has 1 unspecified atom stereocenters. The maximum Gasteiger partial charge on any atom is 0.227 e. The van der Waals surface area contributed by atoms with E-state index in [9.17, 15) is 9.59 Å². The van der Waals surface area contributed by atoms with Gasteiger partial charge in [-0.05, 0) is 50.3 Å². The third-order valence-electron chi connectivity index (χ3n) is 5.15. The van der Waals surface area contributed by atoms with Gasteiger partial charge in [-0.1, -0.05) is 24.3 Å². The third-order valence-corrected chi connectivity index (χ3v) is 6.27. The molecule has 0 bridgehead atoms. The SMILES string of the molecule is CC1=C(c2ccc(CCC(=O)CCCCNC(=O)CC3=CC(C)NO3)cc2)SCN1. The highest BCUT2D eigenvalue weighted by molar-refractivity contribution is 8.08. The average Bonchev–Trinajstić information content (AvgIpc) is 3.34. The molecule has 0 saturated heterocycles. The quantitative estimate of drug-likeness (QED) is 0.466. The average molecular weight is 430 g/mol. The number of aryl methyl sites for hydroxylation is 1. The van der Waals surface area contributed by atoms with Crippen LogP contribution in [0.2, 0.25) is 0 Å². The van der Waals surface area contributed by atoms with Gasteiger partial charge in [0.15, 0.2) is 0 Å². The number of carbonyl (C=O) groups is 2. The first-order valence-corrected chi connectivity index (χ1v) is 11.6. The summed E-state index contributed by atoms with van der Waals surface area (Å²) < 4.78 is 0. The fourth-order valence-electron chi connectivity index (χ4n) is 3.44. The number of ketones is 1. The van der Waals surface area contributed by atoms with Gasteiger partial charge in [0.25, 0.3) is 0 Å². The number of benzene rings is 1. The number of allylic oxidation sites excluding steroid dienone is 1. The van der Waals surface area contributed by atoms with E-state index in [2.05, 4.69) is 47.3 Å². The van der Waals surface area contributed by atoms with E-state index >= 15 is 0 Å². The number of thioether (sulfide) groups is 1. The molecule has 1 atom stereocenters. The second-order valence-electron chi connectivity index (χ2n) is 7.78. The minimum Gasteiger partial charge on any atom is -0.412 e. The summed E-state index contributed by atoms with van der Waals surface area (Å²) in [5.74, 6) is 1.83. The van der Waals surface area contributed by atoms with Gasteiger partial charge in [0.1, 0.15) is 11.5 Å². The molecule has 0 saturated carbocycles. The molecule has 2 aliphatic heterocycles. The highest BCUT2D eigenvalue weighted by atomic mass is 32.2. The van der Waals surface area contributed by atoms with Crippen molar-refractivity contribution in [3.8, 4) is 0 Å². The number of rotatable bonds is 11. The largest absolute Gasteiger partial charge is 0.412 e. The molecule has 0 fully saturated rings. The summed E-state index contributed by atoms with van der Waals surface area (Å²) in [6.07, 6.45) is 5.67. The lowest BCUT2D eigenvalue weighted by Gasteiger charge is -2.07. The number of nitrogens with one attached hydrogen (secondary N) is 3. The summed E-state index contributed by atoms with van der Waals surface area (Å²) in [5.41, 5.74) is 6.45. The lowest BCUT2D eigenvalue weighted by atomic mass is 10.0. The van der Waals surface area contributed by atoms with Crippen molar-refractivity contribution < 1.29 is 14.4 Å². The van der Waals surface area contributed by atoms with E-state index in [4.69, 9.17) is 4.84 Å². The van der Waals surface area contributed by atoms with Crippen LogP contribution in [0.3, 0.4) is 0 Å². The van der Waals surface area contributed by atoms with Crippen LogP contribution in [0.5, 0.6) is 0 Å². The van der Waals surface area contributed by atoms with Crippen LogP contribution in [-0.4, -0.2) is 30.2 Å². The molecule has 0 aromatic heterocycles. The van der Waals surface area contributed by atoms with Crippen LogP contribution in [0, 0.1) is 0 Å². The normalized spacial score (nSPS) is 18.1. The first-order valence-electron chi connectivity index (χ1n) is 10.6. The Morgan fingerprint density at radius 3 is 2.67 bits per heavy atom. The van der Waals surface area contributed by atoms with Crippen LogP contribution in [0.15, 0.2) is 41.8 Å². The van der Waals surface area contributed by atoms with Crippen molar-refractivity contribution >= 4 is 28.4 Å². The predicted molar refractivity (Wildman–Crippen MR) is 121 cm³/mol. The Morgan fingerprint density at radius 2 is 2.00 bits per heavy atom. The van der Waals surface area contributed by atoms with Crippen LogP contribution in [-0.2, 0) is 20.8 Å². The summed E-state index contributed by atoms with van der Waals surface area (Å²) in [6, 6.07) is 8.67. The lowest BCUT2D eigenvalue weighted by molar-refractivity contribution is -0.121. The second-order valence-corrected chi connectivity index (χ2v) is 8.77. The Labute approximate surface area is 182 Å². The van der Waals surface area contributed by atoms with Crippen molar-refractivity contribution in [2.75, 3.05) is 12.4 Å². The zero-order valence-electron chi connectivity index (χ0n) is 17.8. The van der Waals surface area contributed by atoms with Crippen molar-refractivity contribution in [3.63, 3.8) is 0 Å². The van der Waals surface area contributed by atoms with Crippen molar-refractivity contribution in [1.82, 2.24) is 16.1 Å². The second kappa shape index (κ2) is 11.2. The van der Waals surface area contributed by atoms with Crippen LogP contribution in [0.4, 0.5) is 0 Å². The fourth-order valence-corrected chi connectivity index (χ4v) is 4.47. The molecule has 3 N–H and O–H groups in total. The molecule has 7 heteroatoms. The monoisotopic (exact) mass is 429 g/mol. The summed E-state index contributed by atoms with van der Waals surface area (Å²) in [5, 5.41) is 6.22. The van der Waals surface area contributed by atoms with E-state index in [1.165, 1.54) is 21.7 Å². The van der Waals surface area contributed by atoms with E-state index < -0.39 is 0 Å². The van der Waals surface area contributed by atoms with Gasteiger partial charge in [0, 0.05) is 30.0 Å². The maximum atomic E-state index is 12.2. The Kier molecular flexibility index (Phi) is 8.39. The minimum absolute atomic E-state index is 0.0512. The zero-order valence-corrected chi connectivity index (χ0v) is 18.6. The van der Waals surface area contributed by atoms with Crippen LogP contribution in [0.25, 0.3) is 4.91 Å². The number of Topliss-reactive ketones (excluding diaryl/α,β-unsaturated/α-hetero) is 1. The Bertz CT molecular complexity index is 817. The van der Waals surface area contributed by atoms with E-state index in [0.717, 1.165) is 25.1 Å². The van der Waals surface area contributed by atoms with E-state index in [1.807, 2.05) is 24.8 Å². The van der Waals surface area contributed by atoms with Crippen molar-refractivity contribution in [2.24, 2.45) is 0 Å². The molecule has 3 rings (SSSR count).